The largest absolute Gasteiger partial charge is 1.00 e. The first-order valence-electron chi connectivity index (χ1n) is 3.04. The molecule has 0 bridgehead atoms. The van der Waals surface area contributed by atoms with Crippen molar-refractivity contribution in [2.24, 2.45) is 0 Å². The molecule has 1 aliphatic rings. The number of hydrogen-bond acceptors (Lipinski definition) is 1. The van der Waals surface area contributed by atoms with Gasteiger partial charge in [-0.2, -0.15) is 0 Å². The van der Waals surface area contributed by atoms with Gasteiger partial charge >= 0.3 is 18.9 Å². The molecule has 0 aliphatic heterocycles. The SMILES string of the molecule is COC1[C-]=CCCC1.[Li+]. The minimum atomic E-state index is 0. The Morgan fingerprint density at radius 3 is 2.78 bits per heavy atom. The summed E-state index contributed by atoms with van der Waals surface area (Å²) in [6.07, 6.45) is 9.05. The summed E-state index contributed by atoms with van der Waals surface area (Å²) < 4.78 is 5.05. The number of hydrogen-bond donors (Lipinski definition) is 0. The summed E-state index contributed by atoms with van der Waals surface area (Å²) in [4.78, 5) is 0. The van der Waals surface area contributed by atoms with Crippen LogP contribution in [-0.4, -0.2) is 13.2 Å². The van der Waals surface area contributed by atoms with Gasteiger partial charge in [0.25, 0.3) is 0 Å². The van der Waals surface area contributed by atoms with Crippen molar-refractivity contribution in [3.05, 3.63) is 12.2 Å². The summed E-state index contributed by atoms with van der Waals surface area (Å²) in [5.74, 6) is 0. The van der Waals surface area contributed by atoms with Crippen LogP contribution in [0.3, 0.4) is 0 Å². The Balaban J connectivity index is 0.000000640. The zero-order valence-electron chi connectivity index (χ0n) is 6.18. The van der Waals surface area contributed by atoms with Gasteiger partial charge in [0.1, 0.15) is 0 Å². The molecule has 1 unspecified atom stereocenters. The van der Waals surface area contributed by atoms with E-state index in [4.69, 9.17) is 4.74 Å². The maximum atomic E-state index is 5.05. The van der Waals surface area contributed by atoms with Crippen LogP contribution in [0.2, 0.25) is 0 Å². The molecular weight excluding hydrogens is 107 g/mol. The summed E-state index contributed by atoms with van der Waals surface area (Å²) >= 11 is 0. The zero-order chi connectivity index (χ0) is 5.82. The van der Waals surface area contributed by atoms with Crippen LogP contribution in [-0.2, 0) is 4.74 Å². The van der Waals surface area contributed by atoms with Crippen LogP contribution in [0, 0.1) is 6.08 Å². The standard InChI is InChI=1S/C7H11O.Li/c1-8-7-5-3-2-4-6-7;/h3,7H,2,4,6H2,1H3;/q-1;+1. The van der Waals surface area contributed by atoms with Crippen molar-refractivity contribution in [2.75, 3.05) is 7.11 Å². The second kappa shape index (κ2) is 5.11. The van der Waals surface area contributed by atoms with Crippen LogP contribution in [0.5, 0.6) is 0 Å². The minimum absolute atomic E-state index is 0. The molecule has 1 aliphatic carbocycles. The van der Waals surface area contributed by atoms with E-state index in [9.17, 15) is 0 Å². The molecule has 0 aromatic carbocycles. The zero-order valence-corrected chi connectivity index (χ0v) is 6.18. The van der Waals surface area contributed by atoms with Gasteiger partial charge in [-0.25, -0.2) is 0 Å². The van der Waals surface area contributed by atoms with Crippen molar-refractivity contribution in [3.63, 3.8) is 0 Å². The second-order valence-electron chi connectivity index (χ2n) is 2.03. The fourth-order valence-electron chi connectivity index (χ4n) is 0.889. The van der Waals surface area contributed by atoms with E-state index in [1.807, 2.05) is 0 Å². The van der Waals surface area contributed by atoms with Crippen molar-refractivity contribution >= 4 is 0 Å². The Morgan fingerprint density at radius 2 is 2.44 bits per heavy atom. The number of methoxy groups -OCH3 is 1. The molecule has 0 saturated heterocycles. The van der Waals surface area contributed by atoms with E-state index < -0.39 is 0 Å². The molecule has 1 nitrogen and oxygen atoms in total. The van der Waals surface area contributed by atoms with E-state index in [0.717, 1.165) is 6.42 Å². The number of ether oxygens (including phenoxy) is 1. The average Bonchev–Trinajstić information content (AvgIpc) is 1.90. The smallest absolute Gasteiger partial charge is 0.471 e. The van der Waals surface area contributed by atoms with Crippen LogP contribution < -0.4 is 18.9 Å². The average molecular weight is 118 g/mol. The summed E-state index contributed by atoms with van der Waals surface area (Å²) in [5.41, 5.74) is 0. The molecule has 0 fully saturated rings. The Hall–Kier alpha value is 0.297. The van der Waals surface area contributed by atoms with Crippen molar-refractivity contribution in [1.29, 1.82) is 0 Å². The van der Waals surface area contributed by atoms with Crippen molar-refractivity contribution in [1.82, 2.24) is 0 Å². The van der Waals surface area contributed by atoms with Gasteiger partial charge in [0.05, 0.1) is 0 Å². The summed E-state index contributed by atoms with van der Waals surface area (Å²) in [6.45, 7) is 0. The second-order valence-corrected chi connectivity index (χ2v) is 2.03. The molecule has 0 saturated carbocycles. The van der Waals surface area contributed by atoms with Crippen LogP contribution in [0.4, 0.5) is 0 Å². The molecule has 0 aromatic heterocycles. The fraction of sp³-hybridized carbons (Fsp3) is 0.714. The first kappa shape index (κ1) is 9.30. The van der Waals surface area contributed by atoms with E-state index >= 15 is 0 Å². The van der Waals surface area contributed by atoms with Gasteiger partial charge in [-0.05, 0) is 0 Å². The normalized spacial score (nSPS) is 25.2. The first-order chi connectivity index (χ1) is 3.93. The van der Waals surface area contributed by atoms with E-state index in [-0.39, 0.29) is 25.0 Å². The van der Waals surface area contributed by atoms with Gasteiger partial charge in [0.2, 0.25) is 0 Å². The van der Waals surface area contributed by atoms with Gasteiger partial charge in [-0.3, -0.25) is 6.08 Å². The maximum absolute atomic E-state index is 5.05. The third-order valence-electron chi connectivity index (χ3n) is 1.40. The molecule has 9 heavy (non-hydrogen) atoms. The van der Waals surface area contributed by atoms with Gasteiger partial charge < -0.3 is 10.8 Å². The van der Waals surface area contributed by atoms with Gasteiger partial charge in [0.15, 0.2) is 0 Å². The molecule has 0 N–H and O–H groups in total. The molecule has 2 heteroatoms. The van der Waals surface area contributed by atoms with Gasteiger partial charge in [-0.1, -0.05) is 25.4 Å². The van der Waals surface area contributed by atoms with E-state index in [1.165, 1.54) is 12.8 Å². The van der Waals surface area contributed by atoms with Crippen LogP contribution in [0.25, 0.3) is 0 Å². The molecule has 46 valence electrons. The fourth-order valence-corrected chi connectivity index (χ4v) is 0.889. The van der Waals surface area contributed by atoms with Crippen LogP contribution >= 0.6 is 0 Å². The van der Waals surface area contributed by atoms with Crippen molar-refractivity contribution in [2.45, 2.75) is 25.4 Å². The van der Waals surface area contributed by atoms with Gasteiger partial charge in [0, 0.05) is 7.11 Å². The molecule has 0 spiro atoms. The summed E-state index contributed by atoms with van der Waals surface area (Å²) in [6, 6.07) is 0. The molecular formula is C7H11LiO. The Labute approximate surface area is 68.6 Å². The Morgan fingerprint density at radius 1 is 1.67 bits per heavy atom. The predicted octanol–water partition coefficient (Wildman–Crippen LogP) is -1.45. The van der Waals surface area contributed by atoms with Crippen LogP contribution in [0.15, 0.2) is 6.08 Å². The third kappa shape index (κ3) is 3.10. The molecule has 0 radical (unpaired) electrons. The summed E-state index contributed by atoms with van der Waals surface area (Å²) in [7, 11) is 1.73. The van der Waals surface area contributed by atoms with Crippen LogP contribution in [0.1, 0.15) is 19.3 Å². The monoisotopic (exact) mass is 118 g/mol. The Kier molecular flexibility index (Phi) is 5.28. The minimum Gasteiger partial charge on any atom is -0.471 e. The molecule has 0 amide bonds. The number of rotatable bonds is 1. The van der Waals surface area contributed by atoms with E-state index in [0.29, 0.717) is 0 Å². The van der Waals surface area contributed by atoms with E-state index in [1.54, 1.807) is 7.11 Å². The van der Waals surface area contributed by atoms with Gasteiger partial charge in [-0.15, -0.1) is 0 Å². The van der Waals surface area contributed by atoms with E-state index in [2.05, 4.69) is 12.2 Å². The Bertz CT molecular complexity index is 90.9. The van der Waals surface area contributed by atoms with Crippen molar-refractivity contribution < 1.29 is 23.6 Å². The molecule has 0 heterocycles. The number of allylic oxidation sites excluding steroid dienone is 1. The quantitative estimate of drug-likeness (QED) is 0.302. The molecule has 1 atom stereocenters. The summed E-state index contributed by atoms with van der Waals surface area (Å²) in [5, 5.41) is 0. The predicted molar refractivity (Wildman–Crippen MR) is 32.5 cm³/mol. The third-order valence-corrected chi connectivity index (χ3v) is 1.40. The first-order valence-corrected chi connectivity index (χ1v) is 3.04. The maximum Gasteiger partial charge on any atom is 1.00 e. The molecule has 0 aromatic rings. The van der Waals surface area contributed by atoms with Crippen molar-refractivity contribution in [3.8, 4) is 0 Å². The molecule has 1 rings (SSSR count). The topological polar surface area (TPSA) is 9.23 Å².